The normalized spacial score (nSPS) is 10.9. The van der Waals surface area contributed by atoms with E-state index in [2.05, 4.69) is 20.6 Å². The van der Waals surface area contributed by atoms with E-state index < -0.39 is 0 Å². The molecule has 0 spiro atoms. The van der Waals surface area contributed by atoms with Crippen molar-refractivity contribution in [3.63, 3.8) is 0 Å². The lowest BCUT2D eigenvalue weighted by molar-refractivity contribution is -0.122. The van der Waals surface area contributed by atoms with Crippen molar-refractivity contribution >= 4 is 37.5 Å². The maximum absolute atomic E-state index is 12.3. The second-order valence-electron chi connectivity index (χ2n) is 7.40. The summed E-state index contributed by atoms with van der Waals surface area (Å²) in [6.45, 7) is 6.34. The third kappa shape index (κ3) is 5.47. The Bertz CT molecular complexity index is 819. The minimum atomic E-state index is -0.0876. The monoisotopic (exact) mass is 368 g/mol. The number of anilines is 3. The van der Waals surface area contributed by atoms with Gasteiger partial charge < -0.3 is 16.0 Å². The maximum Gasteiger partial charge on any atom is 0.221 e. The molecule has 1 unspecified atom stereocenters. The van der Waals surface area contributed by atoms with Gasteiger partial charge in [-0.3, -0.25) is 4.79 Å². The molecule has 0 heterocycles. The minimum Gasteiger partial charge on any atom is -0.397 e. The Morgan fingerprint density at radius 3 is 2.46 bits per heavy atom. The van der Waals surface area contributed by atoms with Crippen LogP contribution in [0.5, 0.6) is 0 Å². The summed E-state index contributed by atoms with van der Waals surface area (Å²) in [5.74, 6) is -0.0276. The van der Waals surface area contributed by atoms with Gasteiger partial charge in [0.15, 0.2) is 0 Å². The van der Waals surface area contributed by atoms with Crippen LogP contribution >= 0.6 is 9.24 Å². The van der Waals surface area contributed by atoms with Gasteiger partial charge in [-0.25, -0.2) is 0 Å². The molecule has 0 saturated heterocycles. The molecule has 2 aromatic carbocycles. The Morgan fingerprint density at radius 2 is 1.88 bits per heavy atom. The molecule has 0 radical (unpaired) electrons. The number of amides is 1. The molecule has 26 heavy (non-hydrogen) atoms. The molecule has 2 aromatic rings. The number of nitrogens with zero attached hydrogens (tertiary/aromatic N) is 2. The Labute approximate surface area is 157 Å². The summed E-state index contributed by atoms with van der Waals surface area (Å²) >= 11 is 0. The number of nitrogen functional groups attached to an aromatic ring is 1. The van der Waals surface area contributed by atoms with Crippen LogP contribution in [0.25, 0.3) is 0 Å². The second-order valence-corrected chi connectivity index (χ2v) is 8.07. The minimum absolute atomic E-state index is 0.0276. The average Bonchev–Trinajstić information content (AvgIpc) is 2.56. The number of nitrogens with two attached hydrogens (primary N) is 1. The van der Waals surface area contributed by atoms with Crippen LogP contribution in [0, 0.1) is 16.7 Å². The first-order valence-electron chi connectivity index (χ1n) is 8.39. The van der Waals surface area contributed by atoms with E-state index in [4.69, 9.17) is 5.73 Å². The van der Waals surface area contributed by atoms with Gasteiger partial charge in [-0.05, 0) is 41.1 Å². The molecule has 0 fully saturated rings. The molecule has 2 rings (SSSR count). The van der Waals surface area contributed by atoms with Crippen molar-refractivity contribution in [2.45, 2.75) is 27.2 Å². The van der Waals surface area contributed by atoms with Crippen LogP contribution in [0.1, 0.15) is 32.8 Å². The Hall–Kier alpha value is -2.57. The lowest BCUT2D eigenvalue weighted by atomic mass is 9.92. The van der Waals surface area contributed by atoms with Gasteiger partial charge in [0, 0.05) is 12.1 Å². The third-order valence-corrected chi connectivity index (χ3v) is 4.17. The number of nitrogens with one attached hydrogen (secondary N) is 1. The molecule has 0 aliphatic rings. The molecular formula is C20H25N4OP. The van der Waals surface area contributed by atoms with Crippen molar-refractivity contribution in [2.24, 2.45) is 5.41 Å². The highest BCUT2D eigenvalue weighted by atomic mass is 31.0. The number of carbonyl (C=O) groups excluding carboxylic acids is 1. The van der Waals surface area contributed by atoms with Crippen molar-refractivity contribution in [1.82, 2.24) is 5.32 Å². The molecule has 0 saturated carbocycles. The fraction of sp³-hybridized carbons (Fsp3) is 0.300. The van der Waals surface area contributed by atoms with Crippen LogP contribution in [-0.4, -0.2) is 12.6 Å². The highest BCUT2D eigenvalue weighted by molar-refractivity contribution is 7.27. The third-order valence-electron chi connectivity index (χ3n) is 3.78. The van der Waals surface area contributed by atoms with Crippen LogP contribution < -0.4 is 21.3 Å². The number of benzene rings is 2. The van der Waals surface area contributed by atoms with E-state index in [1.807, 2.05) is 49.9 Å². The van der Waals surface area contributed by atoms with E-state index in [0.717, 1.165) is 11.0 Å². The van der Waals surface area contributed by atoms with E-state index in [1.54, 1.807) is 18.2 Å². The van der Waals surface area contributed by atoms with Crippen LogP contribution in [-0.2, 0) is 4.79 Å². The van der Waals surface area contributed by atoms with Crippen LogP contribution in [0.3, 0.4) is 0 Å². The molecule has 1 amide bonds. The first kappa shape index (κ1) is 19.8. The molecule has 6 heteroatoms. The molecule has 0 bridgehead atoms. The summed E-state index contributed by atoms with van der Waals surface area (Å²) in [6.07, 6.45) is 0.430. The Kier molecular flexibility index (Phi) is 6.23. The predicted octanol–water partition coefficient (Wildman–Crippen LogP) is 3.29. The van der Waals surface area contributed by atoms with Crippen molar-refractivity contribution in [2.75, 3.05) is 17.3 Å². The summed E-state index contributed by atoms with van der Waals surface area (Å²) in [5.41, 5.74) is 8.70. The van der Waals surface area contributed by atoms with E-state index >= 15 is 0 Å². The van der Waals surface area contributed by atoms with Crippen molar-refractivity contribution in [3.05, 3.63) is 48.0 Å². The topological polar surface area (TPSA) is 82.2 Å². The Morgan fingerprint density at radius 1 is 1.23 bits per heavy atom. The quantitative estimate of drug-likeness (QED) is 0.482. The summed E-state index contributed by atoms with van der Waals surface area (Å²) in [5, 5.41) is 13.2. The standard InChI is InChI=1S/C20H25N4OP/c1-20(2,3)11-19(25)23-13-24(15-5-7-16(26)8-6-15)18-10-14(12-21)4-9-17(18)22/h4-10H,11,13,22,26H2,1-3H3,(H,23,25). The van der Waals surface area contributed by atoms with E-state index in [1.165, 1.54) is 0 Å². The lowest BCUT2D eigenvalue weighted by Crippen LogP contribution is -2.37. The van der Waals surface area contributed by atoms with Gasteiger partial charge in [0.05, 0.1) is 29.7 Å². The van der Waals surface area contributed by atoms with Crippen molar-refractivity contribution < 1.29 is 4.79 Å². The van der Waals surface area contributed by atoms with Crippen LogP contribution in [0.2, 0.25) is 0 Å². The molecule has 0 aliphatic carbocycles. The smallest absolute Gasteiger partial charge is 0.221 e. The van der Waals surface area contributed by atoms with Crippen LogP contribution in [0.4, 0.5) is 17.1 Å². The fourth-order valence-corrected chi connectivity index (χ4v) is 2.72. The molecular weight excluding hydrogens is 343 g/mol. The van der Waals surface area contributed by atoms with Gasteiger partial charge in [-0.1, -0.05) is 32.9 Å². The molecule has 3 N–H and O–H groups in total. The SMILES string of the molecule is CC(C)(C)CC(=O)NCN(c1ccc(P)cc1)c1cc(C#N)ccc1N. The molecule has 1 atom stereocenters. The van der Waals surface area contributed by atoms with Gasteiger partial charge in [0.1, 0.15) is 0 Å². The number of hydrogen-bond acceptors (Lipinski definition) is 4. The summed E-state index contributed by atoms with van der Waals surface area (Å²) in [4.78, 5) is 14.2. The molecule has 0 aromatic heterocycles. The largest absolute Gasteiger partial charge is 0.397 e. The van der Waals surface area contributed by atoms with Gasteiger partial charge in [0.25, 0.3) is 0 Å². The van der Waals surface area contributed by atoms with Gasteiger partial charge in [-0.2, -0.15) is 5.26 Å². The fourth-order valence-electron chi connectivity index (χ4n) is 2.53. The van der Waals surface area contributed by atoms with Gasteiger partial charge in [-0.15, -0.1) is 9.24 Å². The maximum atomic E-state index is 12.3. The van der Waals surface area contributed by atoms with Crippen LogP contribution in [0.15, 0.2) is 42.5 Å². The van der Waals surface area contributed by atoms with Gasteiger partial charge in [0.2, 0.25) is 5.91 Å². The summed E-state index contributed by atoms with van der Waals surface area (Å²) in [6, 6.07) is 15.1. The molecule has 136 valence electrons. The average molecular weight is 368 g/mol. The first-order chi connectivity index (χ1) is 12.2. The highest BCUT2D eigenvalue weighted by Gasteiger charge is 2.18. The number of carbonyl (C=O) groups is 1. The molecule has 0 aliphatic heterocycles. The van der Waals surface area contributed by atoms with Crippen molar-refractivity contribution in [3.8, 4) is 6.07 Å². The van der Waals surface area contributed by atoms with E-state index in [9.17, 15) is 10.1 Å². The summed E-state index contributed by atoms with van der Waals surface area (Å²) in [7, 11) is 2.64. The zero-order valence-corrected chi connectivity index (χ0v) is 16.6. The van der Waals surface area contributed by atoms with E-state index in [0.29, 0.717) is 23.4 Å². The zero-order chi connectivity index (χ0) is 19.3. The Balaban J connectivity index is 2.33. The van der Waals surface area contributed by atoms with Crippen molar-refractivity contribution in [1.29, 1.82) is 5.26 Å². The second kappa shape index (κ2) is 8.21. The first-order valence-corrected chi connectivity index (χ1v) is 8.97. The van der Waals surface area contributed by atoms with Gasteiger partial charge >= 0.3 is 0 Å². The predicted molar refractivity (Wildman–Crippen MR) is 111 cm³/mol. The van der Waals surface area contributed by atoms with E-state index in [-0.39, 0.29) is 18.0 Å². The number of rotatable bonds is 5. The highest BCUT2D eigenvalue weighted by Crippen LogP contribution is 2.30. The number of hydrogen-bond donors (Lipinski definition) is 2. The summed E-state index contributed by atoms with van der Waals surface area (Å²) < 4.78 is 0. The zero-order valence-electron chi connectivity index (χ0n) is 15.4. The molecule has 5 nitrogen and oxygen atoms in total. The number of nitriles is 1. The lowest BCUT2D eigenvalue weighted by Gasteiger charge is -2.27.